The zero-order chi connectivity index (χ0) is 23.4. The van der Waals surface area contributed by atoms with Crippen LogP contribution in [0.15, 0.2) is 82.3 Å². The molecular weight excluding hydrogens is 446 g/mol. The normalized spacial score (nSPS) is 15.8. The number of benzene rings is 2. The third-order valence-corrected chi connectivity index (χ3v) is 6.40. The molecule has 1 aromatic heterocycles. The number of para-hydroxylation sites is 2. The lowest BCUT2D eigenvalue weighted by Gasteiger charge is -2.32. The van der Waals surface area contributed by atoms with Gasteiger partial charge < -0.3 is 19.8 Å². The smallest absolute Gasteiger partial charge is 0.260 e. The fourth-order valence-corrected chi connectivity index (χ4v) is 4.26. The molecule has 33 heavy (non-hydrogen) atoms. The van der Waals surface area contributed by atoms with Gasteiger partial charge in [0, 0.05) is 6.08 Å². The van der Waals surface area contributed by atoms with Crippen molar-refractivity contribution in [2.75, 3.05) is 11.4 Å². The lowest BCUT2D eigenvalue weighted by Crippen LogP contribution is -2.49. The van der Waals surface area contributed by atoms with Crippen molar-refractivity contribution >= 4 is 33.6 Å². The summed E-state index contributed by atoms with van der Waals surface area (Å²) in [5.41, 5.74) is 6.53. The Balaban J connectivity index is 1.45. The number of nitrogens with two attached hydrogens (primary N) is 1. The molecule has 3 N–H and O–H groups in total. The molecular formula is C23H21N3O6S. The van der Waals surface area contributed by atoms with Crippen LogP contribution in [0.4, 0.5) is 5.69 Å². The van der Waals surface area contributed by atoms with E-state index in [9.17, 15) is 18.0 Å². The van der Waals surface area contributed by atoms with Crippen LogP contribution in [0.5, 0.6) is 5.75 Å². The second-order valence-electron chi connectivity index (χ2n) is 7.23. The van der Waals surface area contributed by atoms with Crippen LogP contribution >= 0.6 is 0 Å². The van der Waals surface area contributed by atoms with Gasteiger partial charge in [-0.3, -0.25) is 9.59 Å². The summed E-state index contributed by atoms with van der Waals surface area (Å²) in [4.78, 5) is 26.0. The molecule has 1 aliphatic heterocycles. The van der Waals surface area contributed by atoms with Crippen molar-refractivity contribution in [2.45, 2.75) is 17.5 Å². The van der Waals surface area contributed by atoms with Crippen LogP contribution in [-0.4, -0.2) is 32.9 Å². The zero-order valence-corrected chi connectivity index (χ0v) is 18.2. The lowest BCUT2D eigenvalue weighted by atomic mass is 10.1. The van der Waals surface area contributed by atoms with E-state index < -0.39 is 22.0 Å². The number of furan rings is 1. The molecule has 2 heterocycles. The number of carbonyl (C=O) groups is 2. The molecule has 0 radical (unpaired) electrons. The number of primary amides is 1. The summed E-state index contributed by atoms with van der Waals surface area (Å²) in [7, 11) is -3.72. The van der Waals surface area contributed by atoms with Crippen LogP contribution in [0.2, 0.25) is 0 Å². The van der Waals surface area contributed by atoms with E-state index >= 15 is 0 Å². The van der Waals surface area contributed by atoms with Gasteiger partial charge in [0.15, 0.2) is 6.10 Å². The molecule has 1 atom stereocenters. The van der Waals surface area contributed by atoms with Gasteiger partial charge in [0.05, 0.1) is 29.9 Å². The van der Waals surface area contributed by atoms with Crippen LogP contribution in [0.1, 0.15) is 11.3 Å². The van der Waals surface area contributed by atoms with Crippen molar-refractivity contribution in [1.82, 2.24) is 4.72 Å². The van der Waals surface area contributed by atoms with E-state index in [0.29, 0.717) is 22.8 Å². The van der Waals surface area contributed by atoms with Crippen molar-refractivity contribution in [3.63, 3.8) is 0 Å². The summed E-state index contributed by atoms with van der Waals surface area (Å²) in [6.45, 7) is 0.0346. The highest BCUT2D eigenvalue weighted by molar-refractivity contribution is 7.89. The first-order chi connectivity index (χ1) is 15.8. The number of fused-ring (bicyclic) bond motifs is 1. The largest absolute Gasteiger partial charge is 0.477 e. The van der Waals surface area contributed by atoms with Crippen LogP contribution in [-0.2, 0) is 26.2 Å². The Morgan fingerprint density at radius 3 is 2.55 bits per heavy atom. The van der Waals surface area contributed by atoms with Crippen molar-refractivity contribution in [1.29, 1.82) is 0 Å². The van der Waals surface area contributed by atoms with Crippen LogP contribution in [0.3, 0.4) is 0 Å². The minimum atomic E-state index is -3.72. The van der Waals surface area contributed by atoms with E-state index in [2.05, 4.69) is 4.72 Å². The predicted octanol–water partition coefficient (Wildman–Crippen LogP) is 2.05. The van der Waals surface area contributed by atoms with Gasteiger partial charge in [-0.1, -0.05) is 24.3 Å². The highest BCUT2D eigenvalue weighted by Crippen LogP contribution is 2.33. The Kier molecular flexibility index (Phi) is 6.29. The standard InChI is InChI=1S/C23H21N3O6S/c24-23(28)21-15-26(19-5-1-2-6-20(19)32-21)22(27)12-9-16-7-10-18(11-8-16)33(29,30)25-14-17-4-3-13-31-17/h1-13,21,25H,14-15H2,(H2,24,28). The topological polar surface area (TPSA) is 132 Å². The third-order valence-electron chi connectivity index (χ3n) is 4.98. The van der Waals surface area contributed by atoms with Crippen LogP contribution < -0.4 is 20.1 Å². The van der Waals surface area contributed by atoms with E-state index in [4.69, 9.17) is 14.9 Å². The number of hydrogen-bond acceptors (Lipinski definition) is 6. The Labute approximate surface area is 190 Å². The molecule has 0 aliphatic carbocycles. The average Bonchev–Trinajstić information content (AvgIpc) is 3.34. The monoisotopic (exact) mass is 467 g/mol. The van der Waals surface area contributed by atoms with E-state index in [1.54, 1.807) is 54.6 Å². The predicted molar refractivity (Wildman–Crippen MR) is 121 cm³/mol. The number of rotatable bonds is 7. The second kappa shape index (κ2) is 9.31. The van der Waals surface area contributed by atoms with Crippen molar-refractivity contribution in [3.8, 4) is 5.75 Å². The van der Waals surface area contributed by atoms with E-state index in [0.717, 1.165) is 0 Å². The SMILES string of the molecule is NC(=O)C1CN(C(=O)C=Cc2ccc(S(=O)(=O)NCc3ccco3)cc2)c2ccccc2O1. The van der Waals surface area contributed by atoms with Gasteiger partial charge in [0.25, 0.3) is 11.8 Å². The quantitative estimate of drug-likeness (QED) is 0.511. The molecule has 1 aliphatic rings. The molecule has 2 aromatic carbocycles. The minimum Gasteiger partial charge on any atom is -0.477 e. The maximum absolute atomic E-state index is 12.8. The summed E-state index contributed by atoms with van der Waals surface area (Å²) < 4.78 is 38.0. The number of nitrogens with zero attached hydrogens (tertiary/aromatic N) is 1. The van der Waals surface area contributed by atoms with Gasteiger partial charge in [-0.2, -0.15) is 0 Å². The molecule has 2 amide bonds. The fraction of sp³-hybridized carbons (Fsp3) is 0.130. The fourth-order valence-electron chi connectivity index (χ4n) is 3.27. The van der Waals surface area contributed by atoms with Crippen LogP contribution in [0, 0.1) is 0 Å². The molecule has 170 valence electrons. The van der Waals surface area contributed by atoms with Crippen molar-refractivity contribution in [2.24, 2.45) is 5.73 Å². The number of ether oxygens (including phenoxy) is 1. The molecule has 4 rings (SSSR count). The first-order valence-corrected chi connectivity index (χ1v) is 11.5. The molecule has 0 saturated heterocycles. The number of carbonyl (C=O) groups excluding carboxylic acids is 2. The number of hydrogen-bond donors (Lipinski definition) is 2. The molecule has 1 unspecified atom stereocenters. The van der Waals surface area contributed by atoms with Gasteiger partial charge in [-0.05, 0) is 48.0 Å². The highest BCUT2D eigenvalue weighted by atomic mass is 32.2. The number of anilines is 1. The van der Waals surface area contributed by atoms with Gasteiger partial charge in [-0.25, -0.2) is 13.1 Å². The first kappa shape index (κ1) is 22.3. The lowest BCUT2D eigenvalue weighted by molar-refractivity contribution is -0.125. The summed E-state index contributed by atoms with van der Waals surface area (Å²) in [5.74, 6) is -0.136. The Morgan fingerprint density at radius 1 is 1.09 bits per heavy atom. The molecule has 10 heteroatoms. The molecule has 3 aromatic rings. The van der Waals surface area contributed by atoms with Gasteiger partial charge in [0.2, 0.25) is 10.0 Å². The van der Waals surface area contributed by atoms with Crippen LogP contribution in [0.25, 0.3) is 6.08 Å². The van der Waals surface area contributed by atoms with Gasteiger partial charge in [-0.15, -0.1) is 0 Å². The molecule has 0 fully saturated rings. The number of nitrogens with one attached hydrogen (secondary N) is 1. The molecule has 0 spiro atoms. The van der Waals surface area contributed by atoms with Crippen molar-refractivity contribution in [3.05, 3.63) is 84.3 Å². The molecule has 0 bridgehead atoms. The van der Waals surface area contributed by atoms with E-state index in [1.807, 2.05) is 0 Å². The first-order valence-electron chi connectivity index (χ1n) is 10.0. The number of sulfonamides is 1. The van der Waals surface area contributed by atoms with E-state index in [-0.39, 0.29) is 23.9 Å². The van der Waals surface area contributed by atoms with Gasteiger partial charge >= 0.3 is 0 Å². The maximum Gasteiger partial charge on any atom is 0.260 e. The van der Waals surface area contributed by atoms with Gasteiger partial charge in [0.1, 0.15) is 11.5 Å². The minimum absolute atomic E-state index is 0.00591. The zero-order valence-electron chi connectivity index (χ0n) is 17.4. The molecule has 0 saturated carbocycles. The second-order valence-corrected chi connectivity index (χ2v) is 9.00. The molecule has 9 nitrogen and oxygen atoms in total. The Bertz CT molecular complexity index is 1280. The highest BCUT2D eigenvalue weighted by Gasteiger charge is 2.31. The Morgan fingerprint density at radius 2 is 1.85 bits per heavy atom. The number of amides is 2. The summed E-state index contributed by atoms with van der Waals surface area (Å²) in [6.07, 6.45) is 3.43. The summed E-state index contributed by atoms with van der Waals surface area (Å²) in [5, 5.41) is 0. The van der Waals surface area contributed by atoms with E-state index in [1.165, 1.54) is 29.4 Å². The average molecular weight is 468 g/mol. The Hall–Kier alpha value is -3.89. The maximum atomic E-state index is 12.8. The summed E-state index contributed by atoms with van der Waals surface area (Å²) >= 11 is 0. The third kappa shape index (κ3) is 5.13. The van der Waals surface area contributed by atoms with Crippen molar-refractivity contribution < 1.29 is 27.2 Å². The summed E-state index contributed by atoms with van der Waals surface area (Å²) in [6, 6.07) is 16.3.